The van der Waals surface area contributed by atoms with Gasteiger partial charge >= 0.3 is 0 Å². The van der Waals surface area contributed by atoms with Crippen molar-refractivity contribution in [3.8, 4) is 96.5 Å². The van der Waals surface area contributed by atoms with E-state index in [1.54, 1.807) is 23.5 Å². The maximum atomic E-state index is 11.6. The molecule has 0 bridgehead atoms. The van der Waals surface area contributed by atoms with E-state index in [1.165, 1.54) is 4.57 Å². The van der Waals surface area contributed by atoms with E-state index in [1.807, 2.05) is 54.6 Å². The molecule has 0 saturated heterocycles. The molecule has 72 heavy (non-hydrogen) atoms. The molecular formula is C60H39N3O8S. The quantitative estimate of drug-likeness (QED) is 0.0593. The molecule has 0 radical (unpaired) electrons. The van der Waals surface area contributed by atoms with E-state index < -0.39 is 56.8 Å². The number of rotatable bonds is 6. The second-order valence-electron chi connectivity index (χ2n) is 17.9. The molecule has 8 N–H and O–H groups in total. The number of aromatic hydroxyl groups is 8. The number of pyridine rings is 1. The first-order chi connectivity index (χ1) is 35.1. The number of benzene rings is 8. The molecule has 0 saturated carbocycles. The van der Waals surface area contributed by atoms with Gasteiger partial charge in [-0.1, -0.05) is 127 Å². The number of nitrogens with zero attached hydrogens (tertiary/aromatic N) is 3. The Labute approximate surface area is 413 Å². The maximum absolute atomic E-state index is 11.6. The minimum Gasteiger partial charge on any atom is -0.504 e. The number of hydrogen-bond acceptors (Lipinski definition) is 10. The molecule has 4 aromatic heterocycles. The molecule has 0 fully saturated rings. The van der Waals surface area contributed by atoms with Crippen LogP contribution >= 0.6 is 11.3 Å². The summed E-state index contributed by atoms with van der Waals surface area (Å²) >= 11 is 1.66. The predicted octanol–water partition coefficient (Wildman–Crippen LogP) is 14.2. The maximum Gasteiger partial charge on any atom is 0.206 e. The molecule has 0 unspecified atom stereocenters. The van der Waals surface area contributed by atoms with Gasteiger partial charge in [-0.05, 0) is 71.2 Å². The van der Waals surface area contributed by atoms with Crippen LogP contribution < -0.4 is 0 Å². The second kappa shape index (κ2) is 16.0. The van der Waals surface area contributed by atoms with Crippen LogP contribution in [-0.4, -0.2) is 55.0 Å². The Balaban J connectivity index is 1.09. The van der Waals surface area contributed by atoms with E-state index in [0.717, 1.165) is 75.7 Å². The molecule has 11 nitrogen and oxygen atoms in total. The van der Waals surface area contributed by atoms with E-state index in [4.69, 9.17) is 4.98 Å². The van der Waals surface area contributed by atoms with Gasteiger partial charge in [0.15, 0.2) is 23.0 Å². The third kappa shape index (κ3) is 6.19. The number of para-hydroxylation sites is 1. The fourth-order valence-corrected chi connectivity index (χ4v) is 11.8. The number of hydrogen-bond donors (Lipinski definition) is 8. The third-order valence-corrected chi connectivity index (χ3v) is 14.9. The number of aromatic nitrogens is 3. The standard InChI is InChI=1S/C60H39N3O8S/c64-53-48-49-52(56(67)60(71)58(69)54(49)65)63(51(48)55(66)59(70)57(53)68)36-28-41(33-18-8-3-9-19-33)61-42(29-36)38-22-13-25-45-47(38)46-34(20-12-24-44(46)72-45)30-62-43-23-11-10-21-37(43)40-27-35(31-14-4-1-5-15-31)26-39(50(40)62)32-16-6-2-7-17-32/h1-19,21-30,64-71H,20H2. The van der Waals surface area contributed by atoms with Crippen LogP contribution in [0.4, 0.5) is 0 Å². The highest BCUT2D eigenvalue weighted by Gasteiger charge is 2.33. The molecule has 0 atom stereocenters. The van der Waals surface area contributed by atoms with Crippen molar-refractivity contribution in [2.75, 3.05) is 0 Å². The largest absolute Gasteiger partial charge is 0.504 e. The van der Waals surface area contributed by atoms with E-state index in [2.05, 4.69) is 114 Å². The van der Waals surface area contributed by atoms with Crippen molar-refractivity contribution in [3.05, 3.63) is 174 Å². The molecule has 348 valence electrons. The molecule has 13 rings (SSSR count). The molecular weight excluding hydrogens is 923 g/mol. The number of phenolic OH excluding ortho intramolecular Hbond substituents is 8. The van der Waals surface area contributed by atoms with Crippen molar-refractivity contribution in [1.29, 1.82) is 0 Å². The molecule has 12 aromatic rings. The Bertz CT molecular complexity index is 4250. The first-order valence-corrected chi connectivity index (χ1v) is 23.9. The smallest absolute Gasteiger partial charge is 0.206 e. The first-order valence-electron chi connectivity index (χ1n) is 23.1. The van der Waals surface area contributed by atoms with Gasteiger partial charge in [-0.25, -0.2) is 4.98 Å². The summed E-state index contributed by atoms with van der Waals surface area (Å²) in [7, 11) is 0. The minimum absolute atomic E-state index is 0.198. The average Bonchev–Trinajstić information content (AvgIpc) is 4.10. The van der Waals surface area contributed by atoms with Gasteiger partial charge in [-0.3, -0.25) is 0 Å². The lowest BCUT2D eigenvalue weighted by Gasteiger charge is -2.17. The fourth-order valence-electron chi connectivity index (χ4n) is 10.6. The van der Waals surface area contributed by atoms with Crippen LogP contribution in [-0.2, 0) is 0 Å². The van der Waals surface area contributed by atoms with E-state index >= 15 is 0 Å². The molecule has 1 aliphatic carbocycles. The van der Waals surface area contributed by atoms with Crippen LogP contribution in [0.2, 0.25) is 0 Å². The zero-order chi connectivity index (χ0) is 49.1. The van der Waals surface area contributed by atoms with Crippen molar-refractivity contribution in [2.24, 2.45) is 0 Å². The Morgan fingerprint density at radius 1 is 0.458 bits per heavy atom. The lowest BCUT2D eigenvalue weighted by atomic mass is 9.92. The Morgan fingerprint density at radius 2 is 1.04 bits per heavy atom. The number of allylic oxidation sites excluding steroid dienone is 2. The summed E-state index contributed by atoms with van der Waals surface area (Å²) in [6.07, 6.45) is 7.21. The Morgan fingerprint density at radius 3 is 1.71 bits per heavy atom. The van der Waals surface area contributed by atoms with Crippen LogP contribution in [0, 0.1) is 0 Å². The van der Waals surface area contributed by atoms with Gasteiger partial charge in [-0.15, -0.1) is 11.3 Å². The monoisotopic (exact) mass is 961 g/mol. The van der Waals surface area contributed by atoms with Crippen molar-refractivity contribution in [2.45, 2.75) is 6.42 Å². The molecule has 0 spiro atoms. The molecule has 4 heterocycles. The Kier molecular flexibility index (Phi) is 9.41. The SMILES string of the molecule is Oc1c(O)c(O)c2c(c1O)c1c(O)c(O)c(O)c(O)c1n2-c1cc(-c2ccccc2)nc(-c2cccc3sc4c(c23)C(=Cn2c3ccccc3c3cc(-c5ccccc5)cc(-c5ccccc5)c32)CC=C4)c1. The lowest BCUT2D eigenvalue weighted by molar-refractivity contribution is 0.350. The fraction of sp³-hybridized carbons (Fsp3) is 0.0167. The topological polar surface area (TPSA) is 185 Å². The van der Waals surface area contributed by atoms with Gasteiger partial charge in [-0.2, -0.15) is 0 Å². The van der Waals surface area contributed by atoms with Gasteiger partial charge in [0.1, 0.15) is 11.0 Å². The van der Waals surface area contributed by atoms with Gasteiger partial charge in [0.2, 0.25) is 23.0 Å². The first kappa shape index (κ1) is 42.5. The zero-order valence-electron chi connectivity index (χ0n) is 37.8. The van der Waals surface area contributed by atoms with Crippen LogP contribution in [0.5, 0.6) is 46.0 Å². The predicted molar refractivity (Wildman–Crippen MR) is 286 cm³/mol. The van der Waals surface area contributed by atoms with Crippen molar-refractivity contribution in [3.63, 3.8) is 0 Å². The van der Waals surface area contributed by atoms with Gasteiger partial charge < -0.3 is 50.0 Å². The van der Waals surface area contributed by atoms with Crippen LogP contribution in [0.25, 0.3) is 122 Å². The average molecular weight is 962 g/mol. The van der Waals surface area contributed by atoms with E-state index in [0.29, 0.717) is 23.4 Å². The number of fused-ring (bicyclic) bond motifs is 9. The highest BCUT2D eigenvalue weighted by molar-refractivity contribution is 7.20. The summed E-state index contributed by atoms with van der Waals surface area (Å²) < 4.78 is 4.55. The summed E-state index contributed by atoms with van der Waals surface area (Å²) in [5, 5.41) is 91.6. The lowest BCUT2D eigenvalue weighted by Crippen LogP contribution is -2.00. The summed E-state index contributed by atoms with van der Waals surface area (Å²) in [6, 6.07) is 52.7. The van der Waals surface area contributed by atoms with Crippen LogP contribution in [0.3, 0.4) is 0 Å². The molecule has 0 amide bonds. The van der Waals surface area contributed by atoms with E-state index in [9.17, 15) is 40.9 Å². The van der Waals surface area contributed by atoms with Crippen LogP contribution in [0.15, 0.2) is 164 Å². The normalized spacial score (nSPS) is 13.1. The van der Waals surface area contributed by atoms with E-state index in [-0.39, 0.29) is 16.7 Å². The van der Waals surface area contributed by atoms with Crippen molar-refractivity contribution < 1.29 is 40.9 Å². The summed E-state index contributed by atoms with van der Waals surface area (Å²) in [5.74, 6) is -8.11. The minimum atomic E-state index is -1.10. The zero-order valence-corrected chi connectivity index (χ0v) is 38.6. The summed E-state index contributed by atoms with van der Waals surface area (Å²) in [5.41, 5.74) is 10.4. The van der Waals surface area contributed by atoms with Crippen molar-refractivity contribution in [1.82, 2.24) is 14.1 Å². The highest BCUT2D eigenvalue weighted by Crippen LogP contribution is 2.59. The highest BCUT2D eigenvalue weighted by atomic mass is 32.1. The molecule has 8 aromatic carbocycles. The third-order valence-electron chi connectivity index (χ3n) is 13.8. The van der Waals surface area contributed by atoms with Gasteiger partial charge in [0, 0.05) is 54.2 Å². The number of thiophene rings is 1. The molecule has 1 aliphatic rings. The summed E-state index contributed by atoms with van der Waals surface area (Å²) in [4.78, 5) is 6.33. The van der Waals surface area contributed by atoms with Gasteiger partial charge in [0.25, 0.3) is 0 Å². The van der Waals surface area contributed by atoms with Crippen LogP contribution in [0.1, 0.15) is 16.9 Å². The van der Waals surface area contributed by atoms with Gasteiger partial charge in [0.05, 0.1) is 38.9 Å². The molecule has 12 heteroatoms. The number of phenols is 8. The summed E-state index contributed by atoms with van der Waals surface area (Å²) in [6.45, 7) is 0. The van der Waals surface area contributed by atoms with Crippen molar-refractivity contribution >= 4 is 82.9 Å². The molecule has 0 aliphatic heterocycles. The Hall–Kier alpha value is -9.65. The second-order valence-corrected chi connectivity index (χ2v) is 18.9.